The van der Waals surface area contributed by atoms with E-state index in [0.717, 1.165) is 0 Å². The predicted octanol–water partition coefficient (Wildman–Crippen LogP) is 2.80. The number of ether oxygens (including phenoxy) is 1. The molecule has 1 aliphatic heterocycles. The fourth-order valence-corrected chi connectivity index (χ4v) is 3.78. The first kappa shape index (κ1) is 15.6. The van der Waals surface area contributed by atoms with Crippen LogP contribution >= 0.6 is 23.2 Å². The fourth-order valence-electron chi connectivity index (χ4n) is 3.19. The van der Waals surface area contributed by atoms with Crippen LogP contribution in [0.4, 0.5) is 0 Å². The third-order valence-corrected chi connectivity index (χ3v) is 4.70. The molecule has 0 spiro atoms. The van der Waals surface area contributed by atoms with E-state index in [0.29, 0.717) is 21.3 Å². The number of hydrogen-bond acceptors (Lipinski definition) is 5. The Morgan fingerprint density at radius 3 is 2.68 bits per heavy atom. The van der Waals surface area contributed by atoms with Crippen LogP contribution < -0.4 is 0 Å². The Balaban J connectivity index is 2.02. The van der Waals surface area contributed by atoms with Gasteiger partial charge >= 0.3 is 5.97 Å². The van der Waals surface area contributed by atoms with Crippen molar-refractivity contribution < 1.29 is 19.5 Å². The molecule has 0 amide bonds. The molecule has 0 unspecified atom stereocenters. The maximum atomic E-state index is 11.3. The number of nitrogens with zero attached hydrogens (tertiary/aromatic N) is 1. The van der Waals surface area contributed by atoms with E-state index in [1.54, 1.807) is 25.1 Å². The maximum Gasteiger partial charge on any atom is 0.302 e. The maximum absolute atomic E-state index is 11.3. The molecular weight excluding hydrogens is 329 g/mol. The molecule has 1 aromatic carbocycles. The highest BCUT2D eigenvalue weighted by Gasteiger charge is 2.59. The fraction of sp³-hybridized carbons (Fsp3) is 0.467. The molecule has 1 saturated carbocycles. The summed E-state index contributed by atoms with van der Waals surface area (Å²) in [5.74, 6) is -0.825. The number of aliphatic hydroxyl groups is 1. The average Bonchev–Trinajstić information content (AvgIpc) is 2.91. The molecule has 1 N–H and O–H groups in total. The minimum Gasteiger partial charge on any atom is -0.462 e. The van der Waals surface area contributed by atoms with Crippen molar-refractivity contribution in [2.75, 3.05) is 0 Å². The van der Waals surface area contributed by atoms with Crippen LogP contribution in [0.2, 0.25) is 10.0 Å². The molecular formula is C15H15Cl2NO4. The van der Waals surface area contributed by atoms with Crippen molar-refractivity contribution in [3.63, 3.8) is 0 Å². The largest absolute Gasteiger partial charge is 0.462 e. The van der Waals surface area contributed by atoms with Crippen molar-refractivity contribution in [1.82, 2.24) is 0 Å². The van der Waals surface area contributed by atoms with Crippen molar-refractivity contribution in [2.24, 2.45) is 11.1 Å². The van der Waals surface area contributed by atoms with Gasteiger partial charge in [-0.2, -0.15) is 0 Å². The number of halogens is 2. The quantitative estimate of drug-likeness (QED) is 0.838. The minimum atomic E-state index is -1.15. The summed E-state index contributed by atoms with van der Waals surface area (Å²) in [6.07, 6.45) is -0.867. The zero-order chi connectivity index (χ0) is 16.1. The summed E-state index contributed by atoms with van der Waals surface area (Å²) in [5.41, 5.74) is -0.0955. The summed E-state index contributed by atoms with van der Waals surface area (Å²) in [4.78, 5) is 16.8. The lowest BCUT2D eigenvalue weighted by Crippen LogP contribution is -2.38. The van der Waals surface area contributed by atoms with Crippen molar-refractivity contribution in [2.45, 2.75) is 38.1 Å². The lowest BCUT2D eigenvalue weighted by molar-refractivity contribution is -0.147. The minimum absolute atomic E-state index is 0.267. The molecule has 0 bridgehead atoms. The second-order valence-corrected chi connectivity index (χ2v) is 6.65. The van der Waals surface area contributed by atoms with Crippen LogP contribution in [0.15, 0.2) is 23.4 Å². The summed E-state index contributed by atoms with van der Waals surface area (Å²) in [5, 5.41) is 15.4. The molecule has 7 heteroatoms. The van der Waals surface area contributed by atoms with Gasteiger partial charge in [-0.15, -0.1) is 0 Å². The van der Waals surface area contributed by atoms with Crippen LogP contribution in [0, 0.1) is 5.92 Å². The highest BCUT2D eigenvalue weighted by molar-refractivity contribution is 6.40. The smallest absolute Gasteiger partial charge is 0.302 e. The summed E-state index contributed by atoms with van der Waals surface area (Å²) in [7, 11) is 0. The van der Waals surface area contributed by atoms with Crippen molar-refractivity contribution in [1.29, 1.82) is 0 Å². The summed E-state index contributed by atoms with van der Waals surface area (Å²) >= 11 is 12.5. The van der Waals surface area contributed by atoms with Gasteiger partial charge in [-0.3, -0.25) is 4.79 Å². The molecule has 1 heterocycles. The summed E-state index contributed by atoms with van der Waals surface area (Å²) < 4.78 is 5.35. The van der Waals surface area contributed by atoms with E-state index in [1.165, 1.54) is 6.92 Å². The average molecular weight is 344 g/mol. The molecule has 0 radical (unpaired) electrons. The molecule has 4 atom stereocenters. The van der Waals surface area contributed by atoms with Gasteiger partial charge in [-0.25, -0.2) is 0 Å². The number of rotatable bonds is 2. The molecule has 1 aliphatic carbocycles. The lowest BCUT2D eigenvalue weighted by Gasteiger charge is -2.21. The van der Waals surface area contributed by atoms with Crippen molar-refractivity contribution >= 4 is 34.9 Å². The third-order valence-electron chi connectivity index (χ3n) is 4.07. The van der Waals surface area contributed by atoms with E-state index in [1.807, 2.05) is 0 Å². The van der Waals surface area contributed by atoms with Gasteiger partial charge in [0, 0.05) is 18.9 Å². The van der Waals surface area contributed by atoms with Gasteiger partial charge in [-0.05, 0) is 19.1 Å². The van der Waals surface area contributed by atoms with Gasteiger partial charge in [0.2, 0.25) is 0 Å². The Kier molecular flexibility index (Phi) is 3.83. The Morgan fingerprint density at radius 2 is 2.09 bits per heavy atom. The van der Waals surface area contributed by atoms with E-state index < -0.39 is 29.7 Å². The van der Waals surface area contributed by atoms with Gasteiger partial charge in [0.1, 0.15) is 17.4 Å². The Labute approximate surface area is 137 Å². The molecule has 5 nitrogen and oxygen atoms in total. The molecule has 1 fully saturated rings. The van der Waals surface area contributed by atoms with E-state index >= 15 is 0 Å². The van der Waals surface area contributed by atoms with Crippen LogP contribution in [0.5, 0.6) is 0 Å². The van der Waals surface area contributed by atoms with Gasteiger partial charge in [0.15, 0.2) is 6.10 Å². The topological polar surface area (TPSA) is 68.1 Å². The molecule has 118 valence electrons. The Morgan fingerprint density at radius 1 is 1.45 bits per heavy atom. The summed E-state index contributed by atoms with van der Waals surface area (Å²) in [6.45, 7) is 2.97. The van der Waals surface area contributed by atoms with Crippen molar-refractivity contribution in [3.8, 4) is 0 Å². The molecule has 22 heavy (non-hydrogen) atoms. The van der Waals surface area contributed by atoms with Gasteiger partial charge in [0.25, 0.3) is 0 Å². The number of hydrogen-bond donors (Lipinski definition) is 1. The van der Waals surface area contributed by atoms with Crippen LogP contribution in [0.25, 0.3) is 0 Å². The lowest BCUT2D eigenvalue weighted by atomic mass is 9.90. The zero-order valence-electron chi connectivity index (χ0n) is 12.0. The molecule has 0 saturated heterocycles. The van der Waals surface area contributed by atoms with Crippen LogP contribution in [0.3, 0.4) is 0 Å². The number of carbonyl (C=O) groups excluding carboxylic acids is 1. The van der Waals surface area contributed by atoms with Gasteiger partial charge in [0.05, 0.1) is 16.0 Å². The van der Waals surface area contributed by atoms with Crippen LogP contribution in [-0.2, 0) is 14.4 Å². The molecule has 1 aromatic rings. The van der Waals surface area contributed by atoms with Gasteiger partial charge < -0.3 is 14.7 Å². The number of esters is 1. The Hall–Kier alpha value is -1.30. The standard InChI is InChI=1S/C15H15Cl2NO4/c1-7(19)21-10-6-15(2,20)14-12(10)13(18-22-14)11-8(16)4-3-5-9(11)17/h3-5,10,12,14,20H,6H2,1-2H3/t10-,12-,14+,15-/m0/s1. The van der Waals surface area contributed by atoms with E-state index in [-0.39, 0.29) is 6.42 Å². The molecule has 3 rings (SSSR count). The normalized spacial score (nSPS) is 33.1. The predicted molar refractivity (Wildman–Crippen MR) is 82.2 cm³/mol. The van der Waals surface area contributed by atoms with Crippen molar-refractivity contribution in [3.05, 3.63) is 33.8 Å². The van der Waals surface area contributed by atoms with E-state index in [4.69, 9.17) is 32.8 Å². The molecule has 0 aromatic heterocycles. The number of carbonyl (C=O) groups is 1. The first-order valence-corrected chi connectivity index (χ1v) is 7.64. The third kappa shape index (κ3) is 2.47. The highest BCUT2D eigenvalue weighted by Crippen LogP contribution is 2.45. The first-order chi connectivity index (χ1) is 10.3. The molecule has 2 aliphatic rings. The van der Waals surface area contributed by atoms with Crippen LogP contribution in [-0.4, -0.2) is 34.6 Å². The number of fused-ring (bicyclic) bond motifs is 1. The van der Waals surface area contributed by atoms with E-state index in [9.17, 15) is 9.90 Å². The SMILES string of the molecule is CC(=O)O[C@H]1C[C@](C)(O)[C@@H]2ON=C(c3c(Cl)cccc3Cl)[C@H]12. The monoisotopic (exact) mass is 343 g/mol. The van der Waals surface area contributed by atoms with E-state index in [2.05, 4.69) is 5.16 Å². The second-order valence-electron chi connectivity index (χ2n) is 5.83. The zero-order valence-corrected chi connectivity index (χ0v) is 13.6. The van der Waals surface area contributed by atoms with Crippen LogP contribution in [0.1, 0.15) is 25.8 Å². The first-order valence-electron chi connectivity index (χ1n) is 6.89. The Bertz CT molecular complexity index is 639. The highest BCUT2D eigenvalue weighted by atomic mass is 35.5. The number of benzene rings is 1. The number of oxime groups is 1. The summed E-state index contributed by atoms with van der Waals surface area (Å²) in [6, 6.07) is 5.13. The second kappa shape index (κ2) is 5.41. The van der Waals surface area contributed by atoms with Gasteiger partial charge in [-0.1, -0.05) is 34.4 Å².